The Balaban J connectivity index is 1.14. The van der Waals surface area contributed by atoms with Gasteiger partial charge in [-0.15, -0.1) is 0 Å². The molecule has 17 N–H and O–H groups in total. The van der Waals surface area contributed by atoms with Crippen LogP contribution < -0.4 is 0 Å². The van der Waals surface area contributed by atoms with Crippen LogP contribution in [-0.4, -0.2) is 317 Å². The molecule has 22 saturated heterocycles. The molecular weight excluding hydrogens is 1120 g/mol. The van der Waals surface area contributed by atoms with E-state index in [1.54, 1.807) is 0 Å². The molecule has 31 heteroatoms. The van der Waals surface area contributed by atoms with Crippen LogP contribution in [0.5, 0.6) is 0 Å². The van der Waals surface area contributed by atoms with Crippen molar-refractivity contribution in [1.29, 1.82) is 0 Å². The highest BCUT2D eigenvalue weighted by molar-refractivity contribution is 5.69. The third kappa shape index (κ3) is 16.4. The summed E-state index contributed by atoms with van der Waals surface area (Å²) in [5.41, 5.74) is 0. The SMILES string of the molecule is CCCCCCCCCCCCCCCC(=O)O[C@@H]1[C@@H](O)[C@H]2O[C@H]3[C@H](O)[C@@H](O)[C@@H](O[C@H]4[C@H](O)[C@@H](O)[C@@H](O[C@H]5[C@H](O)[C@@H](O)[C@@H](O[C@H]6[C@H](O)[C@@H](O)[C@@H](O[C@H]7[C@H](O)[C@@H](O)[C@@H](O[C@H]1[C@@H](CO)O2)O[C@@H]7CO)O[C@@H]6CO)O[C@@H]5CO)O[C@@H]4CO)O[C@@H]3CO. The minimum absolute atomic E-state index is 0.174. The van der Waals surface area contributed by atoms with Gasteiger partial charge in [-0.2, -0.15) is 0 Å². The van der Waals surface area contributed by atoms with Crippen LogP contribution in [0.25, 0.3) is 0 Å². The molecule has 484 valence electrons. The van der Waals surface area contributed by atoms with Crippen LogP contribution >= 0.6 is 0 Å². The molecular formula is C52H90O31. The molecule has 0 spiro atoms. The van der Waals surface area contributed by atoms with Crippen molar-refractivity contribution < 1.29 is 153 Å². The maximum Gasteiger partial charge on any atom is 0.306 e. The predicted molar refractivity (Wildman–Crippen MR) is 270 cm³/mol. The second kappa shape index (κ2) is 32.7. The summed E-state index contributed by atoms with van der Waals surface area (Å²) in [6.07, 6.45) is -45.8. The maximum absolute atomic E-state index is 13.7. The first kappa shape index (κ1) is 68.8. The zero-order chi connectivity index (χ0) is 60.2. The molecule has 83 heavy (non-hydrogen) atoms. The fourth-order valence-electron chi connectivity index (χ4n) is 11.5. The number of unbranched alkanes of at least 4 members (excludes halogenated alkanes) is 12. The molecule has 22 heterocycles. The van der Waals surface area contributed by atoms with Gasteiger partial charge >= 0.3 is 5.97 Å². The fraction of sp³-hybridized carbons (Fsp3) is 0.981. The molecule has 0 radical (unpaired) electrons. The van der Waals surface area contributed by atoms with Crippen molar-refractivity contribution >= 4 is 5.97 Å². The summed E-state index contributed by atoms with van der Waals surface area (Å²) in [4.78, 5) is 13.7. The second-order valence-corrected chi connectivity index (χ2v) is 22.3. The van der Waals surface area contributed by atoms with E-state index in [2.05, 4.69) is 6.92 Å². The summed E-state index contributed by atoms with van der Waals surface area (Å²) in [6, 6.07) is 0. The van der Waals surface area contributed by atoms with Crippen LogP contribution in [0.4, 0.5) is 0 Å². The van der Waals surface area contributed by atoms with Gasteiger partial charge in [-0.1, -0.05) is 84.0 Å². The Labute approximate surface area is 478 Å². The number of aliphatic hydroxyl groups excluding tert-OH is 17. The van der Waals surface area contributed by atoms with Gasteiger partial charge in [0.25, 0.3) is 0 Å². The number of hydrogen-bond donors (Lipinski definition) is 17. The van der Waals surface area contributed by atoms with Crippen LogP contribution in [0.3, 0.4) is 0 Å². The van der Waals surface area contributed by atoms with E-state index >= 15 is 0 Å². The predicted octanol–water partition coefficient (Wildman–Crippen LogP) is -7.02. The molecule has 22 rings (SSSR count). The lowest BCUT2D eigenvalue weighted by atomic mass is 9.94. The first-order valence-corrected chi connectivity index (χ1v) is 29.0. The minimum atomic E-state index is -2.19. The lowest BCUT2D eigenvalue weighted by molar-refractivity contribution is -0.404. The van der Waals surface area contributed by atoms with Crippen LogP contribution in [0, 0.1) is 0 Å². The fourth-order valence-corrected chi connectivity index (χ4v) is 11.5. The lowest BCUT2D eigenvalue weighted by Gasteiger charge is -2.51. The van der Waals surface area contributed by atoms with Gasteiger partial charge in [0.15, 0.2) is 43.8 Å². The van der Waals surface area contributed by atoms with Crippen molar-refractivity contribution in [3.8, 4) is 0 Å². The molecule has 0 unspecified atom stereocenters. The number of rotatable bonds is 21. The smallest absolute Gasteiger partial charge is 0.306 e. The molecule has 0 saturated carbocycles. The second-order valence-electron chi connectivity index (χ2n) is 22.3. The van der Waals surface area contributed by atoms with Gasteiger partial charge in [-0.05, 0) is 6.42 Å². The van der Waals surface area contributed by atoms with Crippen molar-refractivity contribution in [1.82, 2.24) is 0 Å². The summed E-state index contributed by atoms with van der Waals surface area (Å²) < 4.78 is 75.7. The third-order valence-corrected chi connectivity index (χ3v) is 16.4. The third-order valence-electron chi connectivity index (χ3n) is 16.4. The number of ether oxygens (including phenoxy) is 13. The first-order chi connectivity index (χ1) is 39.9. The van der Waals surface area contributed by atoms with Crippen molar-refractivity contribution in [2.24, 2.45) is 0 Å². The van der Waals surface area contributed by atoms with Crippen molar-refractivity contribution in [2.45, 2.75) is 281 Å². The normalized spacial score (nSPS) is 46.4. The van der Waals surface area contributed by atoms with Gasteiger partial charge < -0.3 is 148 Å². The summed E-state index contributed by atoms with van der Waals surface area (Å²) in [6.45, 7) is -3.90. The van der Waals surface area contributed by atoms with Gasteiger partial charge in [-0.25, -0.2) is 0 Å². The number of carbonyl (C=O) groups excluding carboxylic acids is 1. The Bertz CT molecular complexity index is 1870. The average Bonchev–Trinajstić information content (AvgIpc) is 3.53. The van der Waals surface area contributed by atoms with E-state index in [-0.39, 0.29) is 6.42 Å². The number of hydrogen-bond acceptors (Lipinski definition) is 31. The molecule has 0 aromatic rings. The molecule has 30 atom stereocenters. The molecule has 22 aliphatic rings. The highest BCUT2D eigenvalue weighted by atomic mass is 16.8. The minimum Gasteiger partial charge on any atom is -0.456 e. The van der Waals surface area contributed by atoms with E-state index in [1.165, 1.54) is 38.5 Å². The topological polar surface area (TPSA) is 481 Å². The highest BCUT2D eigenvalue weighted by Crippen LogP contribution is 2.39. The van der Waals surface area contributed by atoms with Crippen molar-refractivity contribution in [3.05, 3.63) is 0 Å². The molecule has 12 bridgehead atoms. The van der Waals surface area contributed by atoms with Gasteiger partial charge in [0.2, 0.25) is 0 Å². The largest absolute Gasteiger partial charge is 0.456 e. The summed E-state index contributed by atoms with van der Waals surface area (Å²) in [5, 5.41) is 189. The lowest BCUT2D eigenvalue weighted by Crippen LogP contribution is -2.69. The van der Waals surface area contributed by atoms with Crippen LogP contribution in [0.15, 0.2) is 0 Å². The Morgan fingerprint density at radius 2 is 0.506 bits per heavy atom. The number of esters is 1. The zero-order valence-corrected chi connectivity index (χ0v) is 46.3. The van der Waals surface area contributed by atoms with E-state index in [0.717, 1.165) is 32.1 Å². The van der Waals surface area contributed by atoms with Crippen LogP contribution in [0.1, 0.15) is 96.8 Å². The number of carbonyl (C=O) groups is 1. The monoisotopic (exact) mass is 1210 g/mol. The Morgan fingerprint density at radius 3 is 0.759 bits per heavy atom. The van der Waals surface area contributed by atoms with Gasteiger partial charge in [0, 0.05) is 6.42 Å². The average molecular weight is 1210 g/mol. The van der Waals surface area contributed by atoms with Gasteiger partial charge in [0.05, 0.1) is 39.6 Å². The number of aliphatic hydroxyl groups is 17. The standard InChI is InChI=1S/C52H90O31/c1-2-3-4-5-6-7-8-9-10-11-12-13-14-15-28(59)77-46-39(70)52-76-27(21-58)45(46)83-51-38(69)33(64)43(25(19-56)75-51)81-49-36(67)31(62)41(23(17-54)73-49)79-47-34(65)29(60)40(22(16-53)71-47)78-48-35(66)30(61)42(24(18-55)72-48)80-50-37(68)32(63)44(82-52)26(20-57)74-50/h22-27,29-58,60-70H,2-21H2,1H3/t22-,23-,24-,25-,26-,27-,29-,30-,31-,32-,33-,34-,35-,36-,37-,38-,39-,40-,41-,42-,43-,44-,45+,46-,47-,48-,49-,50-,51-,52-/m1/s1. The Kier molecular flexibility index (Phi) is 27.1. The quantitative estimate of drug-likeness (QED) is 0.0375. The van der Waals surface area contributed by atoms with E-state index in [4.69, 9.17) is 61.6 Å². The first-order valence-electron chi connectivity index (χ1n) is 29.0. The molecule has 22 aliphatic heterocycles. The van der Waals surface area contributed by atoms with E-state index in [0.29, 0.717) is 12.8 Å². The molecule has 0 amide bonds. The summed E-state index contributed by atoms with van der Waals surface area (Å²) >= 11 is 0. The Morgan fingerprint density at radius 1 is 0.289 bits per heavy atom. The zero-order valence-electron chi connectivity index (χ0n) is 46.3. The summed E-state index contributed by atoms with van der Waals surface area (Å²) in [7, 11) is 0. The highest BCUT2D eigenvalue weighted by Gasteiger charge is 2.59. The van der Waals surface area contributed by atoms with Crippen LogP contribution in [-0.2, 0) is 66.4 Å². The molecule has 0 aliphatic carbocycles. The van der Waals surface area contributed by atoms with E-state index in [9.17, 15) is 91.6 Å². The summed E-state index contributed by atoms with van der Waals surface area (Å²) in [5.74, 6) is -0.875. The van der Waals surface area contributed by atoms with Crippen LogP contribution in [0.2, 0.25) is 0 Å². The van der Waals surface area contributed by atoms with Gasteiger partial charge in [-0.3, -0.25) is 4.79 Å². The van der Waals surface area contributed by atoms with E-state index in [1.807, 2.05) is 0 Å². The van der Waals surface area contributed by atoms with Crippen molar-refractivity contribution in [3.63, 3.8) is 0 Å². The maximum atomic E-state index is 13.7. The van der Waals surface area contributed by atoms with Crippen molar-refractivity contribution in [2.75, 3.05) is 39.6 Å². The molecule has 22 fully saturated rings. The Hall–Kier alpha value is -1.69. The molecule has 0 aromatic heterocycles. The molecule has 0 aromatic carbocycles. The molecule has 31 nitrogen and oxygen atoms in total. The van der Waals surface area contributed by atoms with Gasteiger partial charge in [0.1, 0.15) is 140 Å². The van der Waals surface area contributed by atoms with E-state index < -0.39 is 230 Å².